The van der Waals surface area contributed by atoms with Crippen LogP contribution >= 0.6 is 11.3 Å². The standard InChI is InChI=1S/C10H10N4S/c1-6(2)5-14-10-7(3-11)9(13)8(4-12)15-10/h14H,1,5,13H2,2H3. The summed E-state index contributed by atoms with van der Waals surface area (Å²) >= 11 is 1.19. The number of nitrogens with two attached hydrogens (primary N) is 1. The van der Waals surface area contributed by atoms with Gasteiger partial charge in [-0.25, -0.2) is 0 Å². The molecule has 0 aliphatic rings. The summed E-state index contributed by atoms with van der Waals surface area (Å²) in [5, 5.41) is 21.3. The van der Waals surface area contributed by atoms with Gasteiger partial charge in [-0.05, 0) is 6.92 Å². The van der Waals surface area contributed by atoms with E-state index in [1.54, 1.807) is 0 Å². The van der Waals surface area contributed by atoms with Crippen LogP contribution in [-0.2, 0) is 0 Å². The molecule has 4 nitrogen and oxygen atoms in total. The summed E-state index contributed by atoms with van der Waals surface area (Å²) in [7, 11) is 0. The van der Waals surface area contributed by atoms with E-state index in [1.807, 2.05) is 19.1 Å². The van der Waals surface area contributed by atoms with Gasteiger partial charge in [0.05, 0.1) is 5.69 Å². The number of nitriles is 2. The Bertz CT molecular complexity index is 473. The van der Waals surface area contributed by atoms with Crippen molar-refractivity contribution < 1.29 is 0 Å². The molecule has 0 radical (unpaired) electrons. The Labute approximate surface area is 92.2 Å². The molecule has 0 amide bonds. The van der Waals surface area contributed by atoms with E-state index in [0.29, 0.717) is 22.0 Å². The molecule has 1 aromatic rings. The second-order valence-corrected chi connectivity index (χ2v) is 4.10. The summed E-state index contributed by atoms with van der Waals surface area (Å²) < 4.78 is 0. The van der Waals surface area contributed by atoms with E-state index in [9.17, 15) is 0 Å². The molecule has 0 atom stereocenters. The Balaban J connectivity index is 3.04. The van der Waals surface area contributed by atoms with Gasteiger partial charge in [-0.2, -0.15) is 10.5 Å². The van der Waals surface area contributed by atoms with Crippen LogP contribution < -0.4 is 11.1 Å². The van der Waals surface area contributed by atoms with E-state index in [-0.39, 0.29) is 5.69 Å². The van der Waals surface area contributed by atoms with E-state index in [4.69, 9.17) is 16.3 Å². The SMILES string of the molecule is C=C(C)CNc1sc(C#N)c(N)c1C#N. The largest absolute Gasteiger partial charge is 0.396 e. The van der Waals surface area contributed by atoms with Crippen LogP contribution in [0.15, 0.2) is 12.2 Å². The molecule has 0 unspecified atom stereocenters. The van der Waals surface area contributed by atoms with Gasteiger partial charge in [0.15, 0.2) is 0 Å². The third kappa shape index (κ3) is 2.28. The van der Waals surface area contributed by atoms with Crippen molar-refractivity contribution in [1.82, 2.24) is 0 Å². The molecular formula is C10H10N4S. The quantitative estimate of drug-likeness (QED) is 0.760. The van der Waals surface area contributed by atoms with Crippen molar-refractivity contribution in [3.63, 3.8) is 0 Å². The zero-order chi connectivity index (χ0) is 11.4. The molecule has 0 saturated heterocycles. The van der Waals surface area contributed by atoms with E-state index >= 15 is 0 Å². The number of thiophene rings is 1. The lowest BCUT2D eigenvalue weighted by molar-refractivity contribution is 1.23. The van der Waals surface area contributed by atoms with Crippen molar-refractivity contribution in [1.29, 1.82) is 10.5 Å². The minimum absolute atomic E-state index is 0.259. The fourth-order valence-corrected chi connectivity index (χ4v) is 1.86. The van der Waals surface area contributed by atoms with Crippen LogP contribution in [0.25, 0.3) is 0 Å². The molecule has 1 heterocycles. The molecule has 5 heteroatoms. The second-order valence-electron chi connectivity index (χ2n) is 3.08. The van der Waals surface area contributed by atoms with Crippen molar-refractivity contribution in [2.45, 2.75) is 6.92 Å². The first-order chi connectivity index (χ1) is 7.10. The molecule has 0 bridgehead atoms. The van der Waals surface area contributed by atoms with Gasteiger partial charge >= 0.3 is 0 Å². The Kier molecular flexibility index (Phi) is 3.33. The molecule has 3 N–H and O–H groups in total. The monoisotopic (exact) mass is 218 g/mol. The molecule has 76 valence electrons. The zero-order valence-electron chi connectivity index (χ0n) is 8.29. The number of hydrogen-bond acceptors (Lipinski definition) is 5. The maximum atomic E-state index is 8.88. The number of nitrogens with one attached hydrogen (secondary N) is 1. The third-order valence-electron chi connectivity index (χ3n) is 1.71. The summed E-state index contributed by atoms with van der Waals surface area (Å²) in [6.45, 7) is 6.18. The number of rotatable bonds is 3. The lowest BCUT2D eigenvalue weighted by Gasteiger charge is -2.02. The first kappa shape index (κ1) is 11.1. The van der Waals surface area contributed by atoms with Gasteiger partial charge in [0.25, 0.3) is 0 Å². The van der Waals surface area contributed by atoms with Crippen molar-refractivity contribution in [3.05, 3.63) is 22.6 Å². The topological polar surface area (TPSA) is 85.6 Å². The average molecular weight is 218 g/mol. The summed E-state index contributed by atoms with van der Waals surface area (Å²) in [6.07, 6.45) is 0. The highest BCUT2D eigenvalue weighted by Crippen LogP contribution is 2.34. The van der Waals surface area contributed by atoms with Gasteiger partial charge in [-0.1, -0.05) is 12.2 Å². The van der Waals surface area contributed by atoms with Crippen molar-refractivity contribution in [2.75, 3.05) is 17.6 Å². The smallest absolute Gasteiger partial charge is 0.131 e. The molecule has 0 spiro atoms. The molecule has 0 aromatic carbocycles. The molecule has 0 saturated carbocycles. The van der Waals surface area contributed by atoms with E-state index in [0.717, 1.165) is 5.57 Å². The number of nitrogen functional groups attached to an aromatic ring is 1. The number of anilines is 2. The molecule has 1 aromatic heterocycles. The van der Waals surface area contributed by atoms with Crippen LogP contribution in [0.3, 0.4) is 0 Å². The molecule has 0 aliphatic carbocycles. The fraction of sp³-hybridized carbons (Fsp3) is 0.200. The zero-order valence-corrected chi connectivity index (χ0v) is 9.11. The molecule has 1 rings (SSSR count). The van der Waals surface area contributed by atoms with Crippen molar-refractivity contribution in [3.8, 4) is 12.1 Å². The maximum absolute atomic E-state index is 8.88. The molecular weight excluding hydrogens is 208 g/mol. The van der Waals surface area contributed by atoms with Crippen LogP contribution in [0.1, 0.15) is 17.4 Å². The van der Waals surface area contributed by atoms with Crippen LogP contribution in [0.5, 0.6) is 0 Å². The highest BCUT2D eigenvalue weighted by molar-refractivity contribution is 7.17. The van der Waals surface area contributed by atoms with E-state index in [2.05, 4.69) is 11.9 Å². The summed E-state index contributed by atoms with van der Waals surface area (Å²) in [6, 6.07) is 3.94. The van der Waals surface area contributed by atoms with Gasteiger partial charge in [0, 0.05) is 6.54 Å². The fourth-order valence-electron chi connectivity index (χ4n) is 0.994. The summed E-state index contributed by atoms with van der Waals surface area (Å²) in [5.41, 5.74) is 7.19. The van der Waals surface area contributed by atoms with Crippen molar-refractivity contribution in [2.24, 2.45) is 0 Å². The Hall–Kier alpha value is -1.98. The second kappa shape index (κ2) is 4.50. The van der Waals surface area contributed by atoms with Crippen LogP contribution in [0.2, 0.25) is 0 Å². The van der Waals surface area contributed by atoms with Crippen LogP contribution in [-0.4, -0.2) is 6.54 Å². The average Bonchev–Trinajstić information content (AvgIpc) is 2.51. The first-order valence-electron chi connectivity index (χ1n) is 4.20. The van der Waals surface area contributed by atoms with Crippen LogP contribution in [0, 0.1) is 22.7 Å². The number of nitrogens with zero attached hydrogens (tertiary/aromatic N) is 2. The maximum Gasteiger partial charge on any atom is 0.131 e. The normalized spacial score (nSPS) is 9.00. The van der Waals surface area contributed by atoms with Gasteiger partial charge < -0.3 is 11.1 Å². The Morgan fingerprint density at radius 2 is 2.20 bits per heavy atom. The van der Waals surface area contributed by atoms with Crippen molar-refractivity contribution >= 4 is 22.0 Å². The van der Waals surface area contributed by atoms with Gasteiger partial charge in [-0.3, -0.25) is 0 Å². The van der Waals surface area contributed by atoms with Gasteiger partial charge in [-0.15, -0.1) is 11.3 Å². The third-order valence-corrected chi connectivity index (χ3v) is 2.78. The molecule has 0 aliphatic heterocycles. The molecule has 15 heavy (non-hydrogen) atoms. The summed E-state index contributed by atoms with van der Waals surface area (Å²) in [4.78, 5) is 0.371. The van der Waals surface area contributed by atoms with Gasteiger partial charge in [0.1, 0.15) is 27.6 Å². The van der Waals surface area contributed by atoms with E-state index < -0.39 is 0 Å². The minimum atomic E-state index is 0.259. The lowest BCUT2D eigenvalue weighted by Crippen LogP contribution is -2.01. The molecule has 0 fully saturated rings. The van der Waals surface area contributed by atoms with E-state index in [1.165, 1.54) is 11.3 Å². The Morgan fingerprint density at radius 3 is 2.67 bits per heavy atom. The highest BCUT2D eigenvalue weighted by atomic mass is 32.1. The lowest BCUT2D eigenvalue weighted by atomic mass is 10.2. The predicted molar refractivity (Wildman–Crippen MR) is 61.5 cm³/mol. The minimum Gasteiger partial charge on any atom is -0.396 e. The highest BCUT2D eigenvalue weighted by Gasteiger charge is 2.14. The number of hydrogen-bond donors (Lipinski definition) is 2. The summed E-state index contributed by atoms with van der Waals surface area (Å²) in [5.74, 6) is 0. The Morgan fingerprint density at radius 1 is 1.53 bits per heavy atom. The predicted octanol–water partition coefficient (Wildman–Crippen LogP) is 2.06. The van der Waals surface area contributed by atoms with Gasteiger partial charge in [0.2, 0.25) is 0 Å². The van der Waals surface area contributed by atoms with Crippen LogP contribution in [0.4, 0.5) is 10.7 Å². The first-order valence-corrected chi connectivity index (χ1v) is 5.02.